The highest BCUT2D eigenvalue weighted by atomic mass is 79.9. The summed E-state index contributed by atoms with van der Waals surface area (Å²) in [5.41, 5.74) is 1.00. The van der Waals surface area contributed by atoms with Gasteiger partial charge < -0.3 is 5.11 Å². The highest BCUT2D eigenvalue weighted by Crippen LogP contribution is 2.31. The molecule has 0 atom stereocenters. The molecule has 1 N–H and O–H groups in total. The number of aliphatic hydroxyl groups is 1. The van der Waals surface area contributed by atoms with E-state index in [1.54, 1.807) is 11.3 Å². The first kappa shape index (κ1) is 8.23. The number of rotatable bonds is 1. The van der Waals surface area contributed by atoms with Crippen LogP contribution in [0.1, 0.15) is 5.56 Å². The van der Waals surface area contributed by atoms with Gasteiger partial charge in [-0.3, -0.25) is 0 Å². The highest BCUT2D eigenvalue weighted by molar-refractivity contribution is 9.10. The number of fused-ring (bicyclic) bond motifs is 1. The maximum absolute atomic E-state index is 9.03. The Kier molecular flexibility index (Phi) is 2.17. The number of aliphatic hydroxyl groups excluding tert-OH is 1. The SMILES string of the molecule is OCc1csc2cccc(Br)c12. The Morgan fingerprint density at radius 1 is 1.42 bits per heavy atom. The molecule has 0 aliphatic heterocycles. The summed E-state index contributed by atoms with van der Waals surface area (Å²) in [7, 11) is 0. The van der Waals surface area contributed by atoms with Crippen molar-refractivity contribution < 1.29 is 5.11 Å². The molecule has 0 fully saturated rings. The van der Waals surface area contributed by atoms with Crippen molar-refractivity contribution in [1.29, 1.82) is 0 Å². The normalized spacial score (nSPS) is 10.8. The summed E-state index contributed by atoms with van der Waals surface area (Å²) >= 11 is 5.13. The van der Waals surface area contributed by atoms with Gasteiger partial charge >= 0.3 is 0 Å². The smallest absolute Gasteiger partial charge is 0.0696 e. The Bertz CT molecular complexity index is 408. The lowest BCUT2D eigenvalue weighted by molar-refractivity contribution is 0.284. The molecule has 0 saturated heterocycles. The van der Waals surface area contributed by atoms with Gasteiger partial charge in [-0.05, 0) is 23.1 Å². The molecule has 1 heterocycles. The zero-order valence-electron chi connectivity index (χ0n) is 6.25. The van der Waals surface area contributed by atoms with Crippen LogP contribution in [0.15, 0.2) is 28.1 Å². The zero-order valence-corrected chi connectivity index (χ0v) is 8.65. The van der Waals surface area contributed by atoms with Gasteiger partial charge in [0.2, 0.25) is 0 Å². The van der Waals surface area contributed by atoms with Gasteiger partial charge in [0.15, 0.2) is 0 Å². The van der Waals surface area contributed by atoms with Crippen molar-refractivity contribution in [1.82, 2.24) is 0 Å². The average Bonchev–Trinajstić information content (AvgIpc) is 2.49. The first-order valence-electron chi connectivity index (χ1n) is 3.58. The molecule has 0 spiro atoms. The van der Waals surface area contributed by atoms with E-state index in [0.29, 0.717) is 0 Å². The Balaban J connectivity index is 2.83. The van der Waals surface area contributed by atoms with Gasteiger partial charge in [-0.25, -0.2) is 0 Å². The second kappa shape index (κ2) is 3.17. The van der Waals surface area contributed by atoms with E-state index < -0.39 is 0 Å². The van der Waals surface area contributed by atoms with Gasteiger partial charge in [0, 0.05) is 14.6 Å². The van der Waals surface area contributed by atoms with E-state index in [4.69, 9.17) is 5.11 Å². The van der Waals surface area contributed by atoms with Gasteiger partial charge in [0.25, 0.3) is 0 Å². The van der Waals surface area contributed by atoms with Crippen LogP contribution in [0.4, 0.5) is 0 Å². The van der Waals surface area contributed by atoms with Crippen molar-refractivity contribution >= 4 is 37.4 Å². The molecule has 1 nitrogen and oxygen atoms in total. The van der Waals surface area contributed by atoms with Crippen LogP contribution < -0.4 is 0 Å². The third-order valence-corrected chi connectivity index (χ3v) is 3.45. The van der Waals surface area contributed by atoms with E-state index in [1.807, 2.05) is 17.5 Å². The topological polar surface area (TPSA) is 20.2 Å². The molecule has 2 rings (SSSR count). The standard InChI is InChI=1S/C9H7BrOS/c10-7-2-1-3-8-9(7)6(4-11)5-12-8/h1-3,5,11H,4H2. The number of hydrogen-bond acceptors (Lipinski definition) is 2. The van der Waals surface area contributed by atoms with Gasteiger partial charge in [-0.2, -0.15) is 0 Å². The molecule has 0 amide bonds. The first-order chi connectivity index (χ1) is 5.83. The lowest BCUT2D eigenvalue weighted by Gasteiger charge is -1.95. The Labute approximate surface area is 82.8 Å². The van der Waals surface area contributed by atoms with Crippen LogP contribution in [0.5, 0.6) is 0 Å². The van der Waals surface area contributed by atoms with Crippen LogP contribution >= 0.6 is 27.3 Å². The number of thiophene rings is 1. The Morgan fingerprint density at radius 2 is 2.25 bits per heavy atom. The molecule has 62 valence electrons. The van der Waals surface area contributed by atoms with E-state index in [0.717, 1.165) is 15.4 Å². The molecule has 3 heteroatoms. The summed E-state index contributed by atoms with van der Waals surface area (Å²) in [5.74, 6) is 0. The monoisotopic (exact) mass is 242 g/mol. The molecule has 12 heavy (non-hydrogen) atoms. The second-order valence-electron chi connectivity index (χ2n) is 2.53. The highest BCUT2D eigenvalue weighted by Gasteiger charge is 2.05. The fourth-order valence-electron chi connectivity index (χ4n) is 1.22. The molecule has 0 unspecified atom stereocenters. The van der Waals surface area contributed by atoms with Crippen molar-refractivity contribution in [3.63, 3.8) is 0 Å². The van der Waals surface area contributed by atoms with Crippen LogP contribution in [0, 0.1) is 0 Å². The van der Waals surface area contributed by atoms with Crippen LogP contribution in [0.2, 0.25) is 0 Å². The van der Waals surface area contributed by atoms with Crippen molar-refractivity contribution in [2.75, 3.05) is 0 Å². The molecular formula is C9H7BrOS. The first-order valence-corrected chi connectivity index (χ1v) is 5.25. The summed E-state index contributed by atoms with van der Waals surface area (Å²) in [4.78, 5) is 0. The minimum absolute atomic E-state index is 0.114. The van der Waals surface area contributed by atoms with E-state index in [2.05, 4.69) is 22.0 Å². The van der Waals surface area contributed by atoms with Gasteiger partial charge in [0.05, 0.1) is 6.61 Å². The van der Waals surface area contributed by atoms with Crippen molar-refractivity contribution in [2.24, 2.45) is 0 Å². The molecule has 0 radical (unpaired) electrons. The van der Waals surface area contributed by atoms with E-state index in [1.165, 1.54) is 4.70 Å². The minimum atomic E-state index is 0.114. The van der Waals surface area contributed by atoms with E-state index in [-0.39, 0.29) is 6.61 Å². The Morgan fingerprint density at radius 3 is 3.00 bits per heavy atom. The second-order valence-corrected chi connectivity index (χ2v) is 4.30. The summed E-state index contributed by atoms with van der Waals surface area (Å²) in [6.45, 7) is 0.114. The molecule has 0 aliphatic rings. The van der Waals surface area contributed by atoms with E-state index in [9.17, 15) is 0 Å². The number of halogens is 1. The average molecular weight is 243 g/mol. The minimum Gasteiger partial charge on any atom is -0.392 e. The van der Waals surface area contributed by atoms with E-state index >= 15 is 0 Å². The van der Waals surface area contributed by atoms with Crippen LogP contribution in [-0.4, -0.2) is 5.11 Å². The van der Waals surface area contributed by atoms with Gasteiger partial charge in [-0.1, -0.05) is 22.0 Å². The molecule has 1 aromatic heterocycles. The largest absolute Gasteiger partial charge is 0.392 e. The fraction of sp³-hybridized carbons (Fsp3) is 0.111. The third kappa shape index (κ3) is 1.18. The van der Waals surface area contributed by atoms with Crippen LogP contribution in [0.3, 0.4) is 0 Å². The summed E-state index contributed by atoms with van der Waals surface area (Å²) in [6.07, 6.45) is 0. The summed E-state index contributed by atoms with van der Waals surface area (Å²) in [6, 6.07) is 6.06. The zero-order chi connectivity index (χ0) is 8.55. The maximum atomic E-state index is 9.03. The van der Waals surface area contributed by atoms with Gasteiger partial charge in [-0.15, -0.1) is 11.3 Å². The summed E-state index contributed by atoms with van der Waals surface area (Å²) < 4.78 is 2.28. The van der Waals surface area contributed by atoms with Crippen molar-refractivity contribution in [3.8, 4) is 0 Å². The maximum Gasteiger partial charge on any atom is 0.0696 e. The predicted octanol–water partition coefficient (Wildman–Crippen LogP) is 3.16. The quantitative estimate of drug-likeness (QED) is 0.815. The molecule has 0 saturated carbocycles. The third-order valence-electron chi connectivity index (χ3n) is 1.79. The number of benzene rings is 1. The molecule has 2 aromatic rings. The fourth-order valence-corrected chi connectivity index (χ4v) is 2.95. The number of hydrogen-bond donors (Lipinski definition) is 1. The molecule has 0 bridgehead atoms. The molecule has 1 aromatic carbocycles. The Hall–Kier alpha value is -0.380. The summed E-state index contributed by atoms with van der Waals surface area (Å²) in [5, 5.41) is 12.2. The van der Waals surface area contributed by atoms with Crippen molar-refractivity contribution in [3.05, 3.63) is 33.6 Å². The van der Waals surface area contributed by atoms with Crippen molar-refractivity contribution in [2.45, 2.75) is 6.61 Å². The molecule has 0 aliphatic carbocycles. The predicted molar refractivity (Wildman–Crippen MR) is 55.4 cm³/mol. The van der Waals surface area contributed by atoms with Gasteiger partial charge in [0.1, 0.15) is 0 Å². The molecular weight excluding hydrogens is 236 g/mol. The lowest BCUT2D eigenvalue weighted by atomic mass is 10.2. The lowest BCUT2D eigenvalue weighted by Crippen LogP contribution is -1.79. The van der Waals surface area contributed by atoms with Crippen LogP contribution in [-0.2, 0) is 6.61 Å². The van der Waals surface area contributed by atoms with Crippen LogP contribution in [0.25, 0.3) is 10.1 Å².